The number of hydrogen-bond acceptors (Lipinski definition) is 6. The van der Waals surface area contributed by atoms with Crippen LogP contribution in [0.15, 0.2) is 0 Å². The first-order valence-corrected chi connectivity index (χ1v) is 11.2. The summed E-state index contributed by atoms with van der Waals surface area (Å²) in [4.78, 5) is 52.3. The molecule has 0 bridgehead atoms. The second-order valence-electron chi connectivity index (χ2n) is 8.42. The molecular weight excluding hydrogens is 406 g/mol. The number of anilines is 1. The molecule has 0 saturated carbocycles. The predicted molar refractivity (Wildman–Crippen MR) is 114 cm³/mol. The molecule has 2 heterocycles. The van der Waals surface area contributed by atoms with Crippen LogP contribution in [0.4, 0.5) is 9.80 Å². The summed E-state index contributed by atoms with van der Waals surface area (Å²) in [6.07, 6.45) is 3.91. The number of imide groups is 1. The van der Waals surface area contributed by atoms with Crippen molar-refractivity contribution < 1.29 is 23.9 Å². The van der Waals surface area contributed by atoms with Gasteiger partial charge in [-0.2, -0.15) is 0 Å². The molecule has 4 amide bonds. The van der Waals surface area contributed by atoms with Crippen molar-refractivity contribution in [3.8, 4) is 0 Å². The van der Waals surface area contributed by atoms with E-state index in [-0.39, 0.29) is 6.61 Å². The summed E-state index contributed by atoms with van der Waals surface area (Å²) in [5.41, 5.74) is 0.341. The monoisotopic (exact) mass is 435 g/mol. The number of thiophene rings is 1. The predicted octanol–water partition coefficient (Wildman–Crippen LogP) is 3.10. The molecule has 0 spiro atoms. The largest absolute Gasteiger partial charge is 0.462 e. The molecule has 2 aliphatic rings. The fourth-order valence-corrected chi connectivity index (χ4v) is 5.15. The maximum atomic E-state index is 12.8. The highest BCUT2D eigenvalue weighted by atomic mass is 32.1. The number of hydrogen-bond donors (Lipinski definition) is 2. The Labute approximate surface area is 180 Å². The summed E-state index contributed by atoms with van der Waals surface area (Å²) < 4.78 is 5.16. The van der Waals surface area contributed by atoms with Crippen molar-refractivity contribution >= 4 is 40.2 Å². The number of ether oxygens (including phenoxy) is 1. The summed E-state index contributed by atoms with van der Waals surface area (Å²) >= 11 is 1.36. The Balaban J connectivity index is 1.71. The molecule has 1 aliphatic carbocycles. The number of urea groups is 1. The molecule has 1 fully saturated rings. The third kappa shape index (κ3) is 4.35. The molecule has 3 rings (SSSR count). The first kappa shape index (κ1) is 22.3. The van der Waals surface area contributed by atoms with Gasteiger partial charge in [-0.1, -0.05) is 13.8 Å². The SMILES string of the molecule is CCOC(=O)c1c(NC(=O)CN2C(=O)NC(C)(CCC(C)C)C2=O)sc2c1CCC2. The van der Waals surface area contributed by atoms with Crippen LogP contribution in [-0.2, 0) is 27.2 Å². The minimum Gasteiger partial charge on any atom is -0.462 e. The number of carbonyl (C=O) groups is 4. The highest BCUT2D eigenvalue weighted by molar-refractivity contribution is 7.17. The molecule has 1 unspecified atom stereocenters. The first-order chi connectivity index (χ1) is 14.2. The van der Waals surface area contributed by atoms with Crippen LogP contribution in [-0.4, -0.2) is 47.4 Å². The summed E-state index contributed by atoms with van der Waals surface area (Å²) in [6.45, 7) is 7.37. The topological polar surface area (TPSA) is 105 Å². The first-order valence-electron chi connectivity index (χ1n) is 10.4. The zero-order valence-corrected chi connectivity index (χ0v) is 18.7. The number of nitrogens with zero attached hydrogens (tertiary/aromatic N) is 1. The average Bonchev–Trinajstić information content (AvgIpc) is 3.29. The minimum absolute atomic E-state index is 0.244. The van der Waals surface area contributed by atoms with Gasteiger partial charge in [0.15, 0.2) is 0 Å². The van der Waals surface area contributed by atoms with Gasteiger partial charge in [-0.25, -0.2) is 9.59 Å². The van der Waals surface area contributed by atoms with Gasteiger partial charge in [-0.3, -0.25) is 14.5 Å². The standard InChI is InChI=1S/C21H29N3O5S/c1-5-29-18(26)16-13-7-6-8-14(13)30-17(16)22-15(25)11-24-19(27)21(4,23-20(24)28)10-9-12(2)3/h12H,5-11H2,1-4H3,(H,22,25)(H,23,28). The van der Waals surface area contributed by atoms with Crippen molar-refractivity contribution in [3.05, 3.63) is 16.0 Å². The third-order valence-electron chi connectivity index (χ3n) is 5.52. The number of fused-ring (bicyclic) bond motifs is 1. The van der Waals surface area contributed by atoms with Crippen LogP contribution < -0.4 is 10.6 Å². The van der Waals surface area contributed by atoms with Gasteiger partial charge in [0, 0.05) is 4.88 Å². The number of carbonyl (C=O) groups excluding carboxylic acids is 4. The zero-order valence-electron chi connectivity index (χ0n) is 17.9. The maximum Gasteiger partial charge on any atom is 0.341 e. The quantitative estimate of drug-likeness (QED) is 0.482. The molecule has 1 aliphatic heterocycles. The molecule has 164 valence electrons. The molecule has 30 heavy (non-hydrogen) atoms. The van der Waals surface area contributed by atoms with E-state index in [0.717, 1.165) is 41.0 Å². The summed E-state index contributed by atoms with van der Waals surface area (Å²) in [5.74, 6) is -0.978. The lowest BCUT2D eigenvalue weighted by atomic mass is 9.92. The smallest absolute Gasteiger partial charge is 0.341 e. The van der Waals surface area contributed by atoms with Gasteiger partial charge in [0.05, 0.1) is 12.2 Å². The van der Waals surface area contributed by atoms with E-state index < -0.39 is 35.9 Å². The molecule has 2 N–H and O–H groups in total. The fourth-order valence-electron chi connectivity index (χ4n) is 3.86. The van der Waals surface area contributed by atoms with Crippen molar-refractivity contribution in [1.29, 1.82) is 0 Å². The molecule has 0 radical (unpaired) electrons. The number of rotatable bonds is 8. The summed E-state index contributed by atoms with van der Waals surface area (Å²) in [6, 6.07) is -0.569. The number of esters is 1. The Morgan fingerprint density at radius 3 is 2.70 bits per heavy atom. The average molecular weight is 436 g/mol. The van der Waals surface area contributed by atoms with Gasteiger partial charge < -0.3 is 15.4 Å². The van der Waals surface area contributed by atoms with E-state index in [1.165, 1.54) is 11.3 Å². The Hall–Kier alpha value is -2.42. The van der Waals surface area contributed by atoms with Crippen LogP contribution in [0.3, 0.4) is 0 Å². The van der Waals surface area contributed by atoms with Crippen LogP contribution in [0.1, 0.15) is 67.8 Å². The van der Waals surface area contributed by atoms with E-state index in [9.17, 15) is 19.2 Å². The Kier molecular flexibility index (Phi) is 6.50. The molecule has 8 nitrogen and oxygen atoms in total. The van der Waals surface area contributed by atoms with Crippen molar-refractivity contribution in [2.45, 2.75) is 65.3 Å². The summed E-state index contributed by atoms with van der Waals surface area (Å²) in [7, 11) is 0. The van der Waals surface area contributed by atoms with Crippen LogP contribution >= 0.6 is 11.3 Å². The normalized spacial score (nSPS) is 20.5. The third-order valence-corrected chi connectivity index (χ3v) is 6.73. The maximum absolute atomic E-state index is 12.8. The second kappa shape index (κ2) is 8.75. The van der Waals surface area contributed by atoms with Crippen LogP contribution in [0.5, 0.6) is 0 Å². The van der Waals surface area contributed by atoms with Gasteiger partial charge in [0.25, 0.3) is 5.91 Å². The number of amides is 4. The van der Waals surface area contributed by atoms with Crippen LogP contribution in [0.2, 0.25) is 0 Å². The fraction of sp³-hybridized carbons (Fsp3) is 0.619. The lowest BCUT2D eigenvalue weighted by Crippen LogP contribution is -2.44. The highest BCUT2D eigenvalue weighted by Gasteiger charge is 2.48. The van der Waals surface area contributed by atoms with E-state index in [4.69, 9.17) is 4.74 Å². The zero-order chi connectivity index (χ0) is 22.1. The minimum atomic E-state index is -0.998. The van der Waals surface area contributed by atoms with Gasteiger partial charge in [0.1, 0.15) is 17.1 Å². The van der Waals surface area contributed by atoms with Gasteiger partial charge in [-0.15, -0.1) is 11.3 Å². The van der Waals surface area contributed by atoms with Crippen LogP contribution in [0, 0.1) is 5.92 Å². The molecule has 1 aromatic heterocycles. The number of aryl methyl sites for hydroxylation is 1. The molecule has 1 aromatic rings. The van der Waals surface area contributed by atoms with E-state index in [0.29, 0.717) is 22.9 Å². The highest BCUT2D eigenvalue weighted by Crippen LogP contribution is 2.39. The number of nitrogens with one attached hydrogen (secondary N) is 2. The summed E-state index contributed by atoms with van der Waals surface area (Å²) in [5, 5.41) is 5.88. The molecular formula is C21H29N3O5S. The Morgan fingerprint density at radius 2 is 2.03 bits per heavy atom. The lowest BCUT2D eigenvalue weighted by molar-refractivity contribution is -0.133. The molecule has 0 aromatic carbocycles. The van der Waals surface area contributed by atoms with E-state index in [2.05, 4.69) is 24.5 Å². The lowest BCUT2D eigenvalue weighted by Gasteiger charge is -2.22. The molecule has 1 atom stereocenters. The second-order valence-corrected chi connectivity index (χ2v) is 9.52. The van der Waals surface area contributed by atoms with Gasteiger partial charge >= 0.3 is 12.0 Å². The van der Waals surface area contributed by atoms with E-state index in [1.807, 2.05) is 0 Å². The van der Waals surface area contributed by atoms with Crippen LogP contribution in [0.25, 0.3) is 0 Å². The Morgan fingerprint density at radius 1 is 1.30 bits per heavy atom. The van der Waals surface area contributed by atoms with Crippen molar-refractivity contribution in [2.24, 2.45) is 5.92 Å². The van der Waals surface area contributed by atoms with E-state index >= 15 is 0 Å². The Bertz CT molecular complexity index is 878. The van der Waals surface area contributed by atoms with Crippen molar-refractivity contribution in [1.82, 2.24) is 10.2 Å². The van der Waals surface area contributed by atoms with Gasteiger partial charge in [0.2, 0.25) is 5.91 Å². The molecule has 9 heteroatoms. The van der Waals surface area contributed by atoms with E-state index in [1.54, 1.807) is 13.8 Å². The molecule has 1 saturated heterocycles. The van der Waals surface area contributed by atoms with Crippen molar-refractivity contribution in [3.63, 3.8) is 0 Å². The van der Waals surface area contributed by atoms with Gasteiger partial charge in [-0.05, 0) is 57.4 Å². The van der Waals surface area contributed by atoms with Crippen molar-refractivity contribution in [2.75, 3.05) is 18.5 Å².